The molecule has 6 heteroatoms. The van der Waals surface area contributed by atoms with Crippen LogP contribution >= 0.6 is 24.0 Å². The molecule has 2 N–H and O–H groups in total. The summed E-state index contributed by atoms with van der Waals surface area (Å²) >= 11 is 0. The van der Waals surface area contributed by atoms with E-state index in [0.29, 0.717) is 0 Å². The molecule has 1 aliphatic rings. The van der Waals surface area contributed by atoms with Crippen LogP contribution in [-0.2, 0) is 6.54 Å². The molecule has 1 fully saturated rings. The third-order valence-electron chi connectivity index (χ3n) is 2.92. The molecule has 2 rings (SSSR count). The Morgan fingerprint density at radius 2 is 2.28 bits per heavy atom. The monoisotopic (exact) mass is 363 g/mol. The summed E-state index contributed by atoms with van der Waals surface area (Å²) in [6.45, 7) is 2.98. The lowest BCUT2D eigenvalue weighted by atomic mass is 10.4. The zero-order chi connectivity index (χ0) is 11.9. The fraction of sp³-hybridized carbons (Fsp3) is 0.667. The molecular weight excluding hydrogens is 341 g/mol. The van der Waals surface area contributed by atoms with E-state index >= 15 is 0 Å². The summed E-state index contributed by atoms with van der Waals surface area (Å²) in [7, 11) is 1.82. The number of halogens is 1. The third kappa shape index (κ3) is 5.70. The predicted molar refractivity (Wildman–Crippen MR) is 84.3 cm³/mol. The van der Waals surface area contributed by atoms with Gasteiger partial charge in [-0.25, -0.2) is 4.98 Å². The second-order valence-electron chi connectivity index (χ2n) is 4.48. The van der Waals surface area contributed by atoms with Gasteiger partial charge in [-0.2, -0.15) is 0 Å². The SMILES string of the molecule is CN=C(NCCCn1ccnc1)NCC1CC1.I. The molecule has 0 saturated heterocycles. The first-order valence-electron chi connectivity index (χ1n) is 6.29. The van der Waals surface area contributed by atoms with Crippen LogP contribution in [0.2, 0.25) is 0 Å². The number of hydrogen-bond donors (Lipinski definition) is 2. The minimum Gasteiger partial charge on any atom is -0.356 e. The van der Waals surface area contributed by atoms with Crippen LogP contribution in [0.25, 0.3) is 0 Å². The van der Waals surface area contributed by atoms with Crippen LogP contribution in [0, 0.1) is 5.92 Å². The van der Waals surface area contributed by atoms with Crippen molar-refractivity contribution in [2.24, 2.45) is 10.9 Å². The first-order valence-corrected chi connectivity index (χ1v) is 6.29. The van der Waals surface area contributed by atoms with E-state index in [9.17, 15) is 0 Å². The van der Waals surface area contributed by atoms with Gasteiger partial charge in [0.15, 0.2) is 5.96 Å². The van der Waals surface area contributed by atoms with Crippen LogP contribution < -0.4 is 10.6 Å². The maximum absolute atomic E-state index is 4.20. The lowest BCUT2D eigenvalue weighted by Crippen LogP contribution is -2.38. The summed E-state index contributed by atoms with van der Waals surface area (Å²) in [5.74, 6) is 1.79. The average molecular weight is 363 g/mol. The Labute approximate surface area is 125 Å². The molecule has 0 aliphatic heterocycles. The molecule has 0 atom stereocenters. The molecule has 102 valence electrons. The Balaban J connectivity index is 0.00000162. The normalized spacial score (nSPS) is 15.1. The van der Waals surface area contributed by atoms with E-state index in [4.69, 9.17) is 0 Å². The van der Waals surface area contributed by atoms with E-state index in [-0.39, 0.29) is 24.0 Å². The lowest BCUT2D eigenvalue weighted by Gasteiger charge is -2.11. The highest BCUT2D eigenvalue weighted by Crippen LogP contribution is 2.27. The van der Waals surface area contributed by atoms with Crippen molar-refractivity contribution in [2.45, 2.75) is 25.8 Å². The van der Waals surface area contributed by atoms with E-state index in [1.165, 1.54) is 12.8 Å². The first-order chi connectivity index (χ1) is 8.38. The van der Waals surface area contributed by atoms with E-state index < -0.39 is 0 Å². The van der Waals surface area contributed by atoms with Gasteiger partial charge in [0.2, 0.25) is 0 Å². The van der Waals surface area contributed by atoms with Crippen molar-refractivity contribution in [3.05, 3.63) is 18.7 Å². The van der Waals surface area contributed by atoms with Crippen LogP contribution in [0.5, 0.6) is 0 Å². The molecule has 1 aromatic rings. The molecule has 0 aromatic carbocycles. The standard InChI is InChI=1S/C12H21N5.HI/c1-13-12(16-9-11-3-4-11)15-5-2-7-17-8-6-14-10-17;/h6,8,10-11H,2-5,7,9H2,1H3,(H2,13,15,16);1H. The second-order valence-corrected chi connectivity index (χ2v) is 4.48. The molecule has 18 heavy (non-hydrogen) atoms. The Kier molecular flexibility index (Phi) is 7.07. The average Bonchev–Trinajstić information content (AvgIpc) is 3.03. The second kappa shape index (κ2) is 8.34. The lowest BCUT2D eigenvalue weighted by molar-refractivity contribution is 0.622. The number of aliphatic imine (C=N–C) groups is 1. The maximum atomic E-state index is 4.20. The number of guanidine groups is 1. The van der Waals surface area contributed by atoms with Gasteiger partial charge in [-0.3, -0.25) is 4.99 Å². The molecule has 0 amide bonds. The number of hydrogen-bond acceptors (Lipinski definition) is 2. The molecule has 1 heterocycles. The van der Waals surface area contributed by atoms with Crippen molar-refractivity contribution >= 4 is 29.9 Å². The summed E-state index contributed by atoms with van der Waals surface area (Å²) in [5, 5.41) is 6.66. The molecule has 1 aliphatic carbocycles. The van der Waals surface area contributed by atoms with Gasteiger partial charge in [0.1, 0.15) is 0 Å². The summed E-state index contributed by atoms with van der Waals surface area (Å²) < 4.78 is 2.09. The van der Waals surface area contributed by atoms with E-state index in [0.717, 1.165) is 37.9 Å². The van der Waals surface area contributed by atoms with Gasteiger partial charge in [0.25, 0.3) is 0 Å². The van der Waals surface area contributed by atoms with E-state index in [1.807, 2.05) is 25.8 Å². The number of imidazole rings is 1. The van der Waals surface area contributed by atoms with Gasteiger partial charge in [0, 0.05) is 39.1 Å². The predicted octanol–water partition coefficient (Wildman–Crippen LogP) is 1.47. The van der Waals surface area contributed by atoms with Crippen molar-refractivity contribution < 1.29 is 0 Å². The Bertz CT molecular complexity index is 345. The maximum Gasteiger partial charge on any atom is 0.190 e. The quantitative estimate of drug-likeness (QED) is 0.348. The highest BCUT2D eigenvalue weighted by molar-refractivity contribution is 14.0. The number of aryl methyl sites for hydroxylation is 1. The van der Waals surface area contributed by atoms with Gasteiger partial charge in [-0.1, -0.05) is 0 Å². The van der Waals surface area contributed by atoms with Gasteiger partial charge < -0.3 is 15.2 Å². The summed E-state index contributed by atoms with van der Waals surface area (Å²) in [6, 6.07) is 0. The highest BCUT2D eigenvalue weighted by atomic mass is 127. The number of nitrogens with zero attached hydrogens (tertiary/aromatic N) is 3. The zero-order valence-corrected chi connectivity index (χ0v) is 13.1. The number of nitrogens with one attached hydrogen (secondary N) is 2. The number of aromatic nitrogens is 2. The van der Waals surface area contributed by atoms with Gasteiger partial charge in [-0.05, 0) is 25.2 Å². The topological polar surface area (TPSA) is 54.2 Å². The van der Waals surface area contributed by atoms with E-state index in [1.54, 1.807) is 0 Å². The minimum atomic E-state index is 0. The summed E-state index contributed by atoms with van der Waals surface area (Å²) in [5.41, 5.74) is 0. The molecule has 0 unspecified atom stereocenters. The van der Waals surface area contributed by atoms with Crippen LogP contribution in [0.1, 0.15) is 19.3 Å². The molecule has 0 bridgehead atoms. The van der Waals surface area contributed by atoms with Gasteiger partial charge in [0.05, 0.1) is 6.33 Å². The van der Waals surface area contributed by atoms with Crippen LogP contribution in [0.15, 0.2) is 23.7 Å². The third-order valence-corrected chi connectivity index (χ3v) is 2.92. The number of rotatable bonds is 6. The Hall–Kier alpha value is -0.790. The van der Waals surface area contributed by atoms with Crippen molar-refractivity contribution in [1.29, 1.82) is 0 Å². The fourth-order valence-corrected chi connectivity index (χ4v) is 1.67. The molecule has 0 radical (unpaired) electrons. The Morgan fingerprint density at radius 1 is 1.44 bits per heavy atom. The molecule has 1 saturated carbocycles. The summed E-state index contributed by atoms with van der Waals surface area (Å²) in [6.07, 6.45) is 9.44. The van der Waals surface area contributed by atoms with Crippen molar-refractivity contribution in [3.63, 3.8) is 0 Å². The molecule has 5 nitrogen and oxygen atoms in total. The molecule has 1 aromatic heterocycles. The van der Waals surface area contributed by atoms with Crippen molar-refractivity contribution in [3.8, 4) is 0 Å². The van der Waals surface area contributed by atoms with E-state index in [2.05, 4.69) is 25.2 Å². The van der Waals surface area contributed by atoms with Gasteiger partial charge >= 0.3 is 0 Å². The Morgan fingerprint density at radius 3 is 2.89 bits per heavy atom. The van der Waals surface area contributed by atoms with Crippen molar-refractivity contribution in [2.75, 3.05) is 20.1 Å². The van der Waals surface area contributed by atoms with Gasteiger partial charge in [-0.15, -0.1) is 24.0 Å². The highest BCUT2D eigenvalue weighted by Gasteiger charge is 2.20. The van der Waals surface area contributed by atoms with Crippen LogP contribution in [0.3, 0.4) is 0 Å². The first kappa shape index (κ1) is 15.3. The molecule has 0 spiro atoms. The smallest absolute Gasteiger partial charge is 0.190 e. The summed E-state index contributed by atoms with van der Waals surface area (Å²) in [4.78, 5) is 8.21. The largest absolute Gasteiger partial charge is 0.356 e. The van der Waals surface area contributed by atoms with Crippen molar-refractivity contribution in [1.82, 2.24) is 20.2 Å². The fourth-order valence-electron chi connectivity index (χ4n) is 1.67. The van der Waals surface area contributed by atoms with Crippen LogP contribution in [-0.4, -0.2) is 35.6 Å². The zero-order valence-electron chi connectivity index (χ0n) is 10.8. The van der Waals surface area contributed by atoms with Crippen LogP contribution in [0.4, 0.5) is 0 Å². The molecular formula is C12H22IN5. The minimum absolute atomic E-state index is 0.